The molecule has 2 aromatic carbocycles. The minimum Gasteiger partial charge on any atom is -0.464 e. The number of hydrogen-bond donors (Lipinski definition) is 2. The van der Waals surface area contributed by atoms with Crippen LogP contribution in [0.25, 0.3) is 5.69 Å². The minimum absolute atomic E-state index is 0.00743. The van der Waals surface area contributed by atoms with Crippen LogP contribution in [0.1, 0.15) is 31.2 Å². The molecule has 3 aromatic rings. The first-order valence-corrected chi connectivity index (χ1v) is 8.63. The molecule has 30 heavy (non-hydrogen) atoms. The molecule has 0 aliphatic carbocycles. The van der Waals surface area contributed by atoms with E-state index >= 15 is 0 Å². The van der Waals surface area contributed by atoms with Crippen LogP contribution in [-0.2, 0) is 4.74 Å². The van der Waals surface area contributed by atoms with E-state index in [4.69, 9.17) is 17.3 Å². The molecule has 0 unspecified atom stereocenters. The highest BCUT2D eigenvalue weighted by atomic mass is 35.5. The van der Waals surface area contributed by atoms with Gasteiger partial charge in [0.25, 0.3) is 5.91 Å². The number of nitrogens with two attached hydrogens (primary N) is 1. The zero-order valence-electron chi connectivity index (χ0n) is 15.3. The zero-order valence-corrected chi connectivity index (χ0v) is 16.0. The maximum absolute atomic E-state index is 13.5. The molecule has 8 nitrogen and oxygen atoms in total. The van der Waals surface area contributed by atoms with Crippen LogP contribution in [-0.4, -0.2) is 34.7 Å². The van der Waals surface area contributed by atoms with Gasteiger partial charge in [-0.2, -0.15) is 5.10 Å². The fraction of sp³-hybridized carbons (Fsp3) is 0.0526. The Morgan fingerprint density at radius 3 is 2.33 bits per heavy atom. The molecule has 0 aliphatic rings. The van der Waals surface area contributed by atoms with Gasteiger partial charge < -0.3 is 15.8 Å². The van der Waals surface area contributed by atoms with Gasteiger partial charge in [0.05, 0.1) is 23.4 Å². The number of carbonyl (C=O) groups excluding carboxylic acids is 3. The molecule has 0 fully saturated rings. The topological polar surface area (TPSA) is 116 Å². The molecule has 154 valence electrons. The predicted molar refractivity (Wildman–Crippen MR) is 103 cm³/mol. The van der Waals surface area contributed by atoms with Crippen molar-refractivity contribution >= 4 is 35.2 Å². The number of rotatable bonds is 5. The second kappa shape index (κ2) is 8.29. The summed E-state index contributed by atoms with van der Waals surface area (Å²) in [5.74, 6) is -4.74. The third-order valence-electron chi connectivity index (χ3n) is 4.00. The van der Waals surface area contributed by atoms with Crippen molar-refractivity contribution < 1.29 is 27.9 Å². The summed E-state index contributed by atoms with van der Waals surface area (Å²) in [6, 6.07) is 8.36. The van der Waals surface area contributed by atoms with Crippen molar-refractivity contribution in [2.75, 3.05) is 12.4 Å². The number of esters is 1. The van der Waals surface area contributed by atoms with E-state index in [9.17, 15) is 23.2 Å². The third-order valence-corrected chi connectivity index (χ3v) is 4.31. The number of benzene rings is 2. The van der Waals surface area contributed by atoms with Crippen LogP contribution in [0.5, 0.6) is 0 Å². The summed E-state index contributed by atoms with van der Waals surface area (Å²) in [4.78, 5) is 35.7. The Balaban J connectivity index is 2.02. The van der Waals surface area contributed by atoms with Crippen LogP contribution in [0, 0.1) is 11.6 Å². The summed E-state index contributed by atoms with van der Waals surface area (Å²) < 4.78 is 32.6. The molecule has 1 heterocycles. The molecule has 1 aromatic heterocycles. The molecule has 0 saturated carbocycles. The average Bonchev–Trinajstić information content (AvgIpc) is 3.13. The average molecular weight is 435 g/mol. The monoisotopic (exact) mass is 434 g/mol. The van der Waals surface area contributed by atoms with Crippen molar-refractivity contribution in [2.24, 2.45) is 5.73 Å². The van der Waals surface area contributed by atoms with Crippen molar-refractivity contribution in [1.82, 2.24) is 9.78 Å². The van der Waals surface area contributed by atoms with E-state index in [1.807, 2.05) is 0 Å². The maximum Gasteiger partial charge on any atom is 0.358 e. The molecule has 2 amide bonds. The zero-order chi connectivity index (χ0) is 22.0. The highest BCUT2D eigenvalue weighted by Gasteiger charge is 2.20. The largest absolute Gasteiger partial charge is 0.464 e. The van der Waals surface area contributed by atoms with Crippen molar-refractivity contribution in [3.8, 4) is 5.69 Å². The van der Waals surface area contributed by atoms with Gasteiger partial charge in [-0.25, -0.2) is 18.3 Å². The van der Waals surface area contributed by atoms with Crippen LogP contribution in [0.4, 0.5) is 14.6 Å². The van der Waals surface area contributed by atoms with Gasteiger partial charge in [0.1, 0.15) is 5.82 Å². The number of carbonyl (C=O) groups is 3. The van der Waals surface area contributed by atoms with E-state index in [-0.39, 0.29) is 27.7 Å². The Hall–Kier alpha value is -3.79. The van der Waals surface area contributed by atoms with Gasteiger partial charge >= 0.3 is 5.97 Å². The number of amides is 2. The number of nitrogens with one attached hydrogen (secondary N) is 1. The lowest BCUT2D eigenvalue weighted by Gasteiger charge is -2.10. The number of anilines is 1. The highest BCUT2D eigenvalue weighted by molar-refractivity contribution is 6.34. The smallest absolute Gasteiger partial charge is 0.358 e. The number of aromatic nitrogens is 2. The summed E-state index contributed by atoms with van der Waals surface area (Å²) in [7, 11) is 1.16. The Bertz CT molecular complexity index is 1160. The number of nitrogens with zero attached hydrogens (tertiary/aromatic N) is 2. The van der Waals surface area contributed by atoms with Crippen molar-refractivity contribution in [1.29, 1.82) is 0 Å². The first-order chi connectivity index (χ1) is 14.2. The molecule has 11 heteroatoms. The predicted octanol–water partition coefficient (Wildman–Crippen LogP) is 2.94. The standard InChI is InChI=1S/C19H13ClF2N4O4/c1-30-19(29)15-8-16(24-18(28)11-6-13(21)14(22)7-12(11)20)26(25-15)10-4-2-9(3-5-10)17(23)27/h2-8H,1H3,(H2,23,27)(H,24,28). The van der Waals surface area contributed by atoms with Crippen LogP contribution >= 0.6 is 11.6 Å². The quantitative estimate of drug-likeness (QED) is 0.473. The second-order valence-electron chi connectivity index (χ2n) is 5.93. The fourth-order valence-electron chi connectivity index (χ4n) is 2.52. The molecule has 0 bridgehead atoms. The molecule has 0 spiro atoms. The van der Waals surface area contributed by atoms with Crippen LogP contribution in [0.3, 0.4) is 0 Å². The van der Waals surface area contributed by atoms with Gasteiger partial charge in [0, 0.05) is 11.6 Å². The van der Waals surface area contributed by atoms with E-state index in [0.717, 1.165) is 7.11 Å². The normalized spacial score (nSPS) is 10.5. The third kappa shape index (κ3) is 4.13. The first-order valence-electron chi connectivity index (χ1n) is 8.25. The summed E-state index contributed by atoms with van der Waals surface area (Å²) in [6.45, 7) is 0. The van der Waals surface area contributed by atoms with Crippen LogP contribution in [0.15, 0.2) is 42.5 Å². The Kier molecular flexibility index (Phi) is 5.79. The van der Waals surface area contributed by atoms with E-state index in [1.165, 1.54) is 35.0 Å². The van der Waals surface area contributed by atoms with Crippen molar-refractivity contribution in [3.63, 3.8) is 0 Å². The fourth-order valence-corrected chi connectivity index (χ4v) is 2.75. The SMILES string of the molecule is COC(=O)c1cc(NC(=O)c2cc(F)c(F)cc2Cl)n(-c2ccc(C(N)=O)cc2)n1. The highest BCUT2D eigenvalue weighted by Crippen LogP contribution is 2.23. The Labute approximate surface area is 173 Å². The number of hydrogen-bond acceptors (Lipinski definition) is 5. The van der Waals surface area contributed by atoms with E-state index in [1.54, 1.807) is 0 Å². The molecular formula is C19H13ClF2N4O4. The first kappa shape index (κ1) is 20.9. The van der Waals surface area contributed by atoms with Crippen LogP contribution in [0.2, 0.25) is 5.02 Å². The van der Waals surface area contributed by atoms with Crippen molar-refractivity contribution in [2.45, 2.75) is 0 Å². The molecule has 0 radical (unpaired) electrons. The van der Waals surface area contributed by atoms with Gasteiger partial charge in [-0.3, -0.25) is 9.59 Å². The van der Waals surface area contributed by atoms with Gasteiger partial charge in [0.15, 0.2) is 17.3 Å². The van der Waals surface area contributed by atoms with Gasteiger partial charge in [-0.05, 0) is 36.4 Å². The Morgan fingerprint density at radius 2 is 1.73 bits per heavy atom. The second-order valence-corrected chi connectivity index (χ2v) is 6.34. The lowest BCUT2D eigenvalue weighted by atomic mass is 10.2. The number of halogens is 3. The molecule has 0 atom stereocenters. The van der Waals surface area contributed by atoms with E-state index in [0.29, 0.717) is 17.8 Å². The lowest BCUT2D eigenvalue weighted by molar-refractivity contribution is 0.0593. The van der Waals surface area contributed by atoms with Gasteiger partial charge in [-0.1, -0.05) is 11.6 Å². The van der Waals surface area contributed by atoms with Gasteiger partial charge in [0.2, 0.25) is 5.91 Å². The number of primary amides is 1. The molecule has 3 N–H and O–H groups in total. The Morgan fingerprint density at radius 1 is 1.10 bits per heavy atom. The molecule has 0 saturated heterocycles. The minimum atomic E-state index is -1.25. The number of methoxy groups -OCH3 is 1. The summed E-state index contributed by atoms with van der Waals surface area (Å²) in [6.07, 6.45) is 0. The molecule has 3 rings (SSSR count). The van der Waals surface area contributed by atoms with Crippen molar-refractivity contribution in [3.05, 3.63) is 75.9 Å². The van der Waals surface area contributed by atoms with E-state index < -0.39 is 29.4 Å². The summed E-state index contributed by atoms with van der Waals surface area (Å²) in [5.41, 5.74) is 5.35. The molecule has 0 aliphatic heterocycles. The maximum atomic E-state index is 13.5. The van der Waals surface area contributed by atoms with Gasteiger partial charge in [-0.15, -0.1) is 0 Å². The summed E-state index contributed by atoms with van der Waals surface area (Å²) in [5, 5.41) is 6.20. The van der Waals surface area contributed by atoms with Crippen LogP contribution < -0.4 is 11.1 Å². The van der Waals surface area contributed by atoms with E-state index in [2.05, 4.69) is 15.2 Å². The molecular weight excluding hydrogens is 422 g/mol. The lowest BCUT2D eigenvalue weighted by Crippen LogP contribution is -2.16. The number of ether oxygens (including phenoxy) is 1. The summed E-state index contributed by atoms with van der Waals surface area (Å²) >= 11 is 5.84.